The Morgan fingerprint density at radius 2 is 1.95 bits per heavy atom. The lowest BCUT2D eigenvalue weighted by Gasteiger charge is -2.23. The molecule has 1 amide bonds. The van der Waals surface area contributed by atoms with Crippen molar-refractivity contribution in [3.05, 3.63) is 101 Å². The number of aryl methyl sites for hydroxylation is 2. The molecule has 0 saturated carbocycles. The van der Waals surface area contributed by atoms with E-state index >= 15 is 0 Å². The van der Waals surface area contributed by atoms with Crippen LogP contribution in [-0.4, -0.2) is 35.5 Å². The van der Waals surface area contributed by atoms with Crippen molar-refractivity contribution in [2.75, 3.05) is 18.6 Å². The van der Waals surface area contributed by atoms with Gasteiger partial charge in [0.1, 0.15) is 23.9 Å². The molecule has 8 heteroatoms. The molecular formula is C30H26N2O5S. The second-order valence-corrected chi connectivity index (χ2v) is 10.0. The predicted octanol–water partition coefficient (Wildman–Crippen LogP) is 6.11. The van der Waals surface area contributed by atoms with Gasteiger partial charge in [0.2, 0.25) is 0 Å². The number of carbonyl (C=O) groups excluding carboxylic acids is 2. The Kier molecular flexibility index (Phi) is 6.73. The molecule has 1 fully saturated rings. The molecule has 0 unspecified atom stereocenters. The summed E-state index contributed by atoms with van der Waals surface area (Å²) in [5, 5.41) is 11.8. The van der Waals surface area contributed by atoms with Crippen molar-refractivity contribution in [3.8, 4) is 11.5 Å². The smallest absolute Gasteiger partial charge is 0.301 e. The highest BCUT2D eigenvalue weighted by Gasteiger charge is 2.48. The molecular weight excluding hydrogens is 500 g/mol. The Morgan fingerprint density at radius 1 is 1.13 bits per heavy atom. The van der Waals surface area contributed by atoms with E-state index in [1.807, 2.05) is 32.0 Å². The summed E-state index contributed by atoms with van der Waals surface area (Å²) in [7, 11) is 1.56. The van der Waals surface area contributed by atoms with Gasteiger partial charge in [-0.1, -0.05) is 42.2 Å². The topological polar surface area (TPSA) is 89.0 Å². The maximum Gasteiger partial charge on any atom is 0.301 e. The predicted molar refractivity (Wildman–Crippen MR) is 149 cm³/mol. The number of thiazole rings is 1. The van der Waals surface area contributed by atoms with E-state index in [1.165, 1.54) is 16.2 Å². The highest BCUT2D eigenvalue weighted by Crippen LogP contribution is 2.45. The van der Waals surface area contributed by atoms with Crippen LogP contribution in [0.2, 0.25) is 0 Å². The van der Waals surface area contributed by atoms with Crippen LogP contribution in [0, 0.1) is 13.8 Å². The number of hydrogen-bond donors (Lipinski definition) is 1. The Balaban J connectivity index is 1.71. The van der Waals surface area contributed by atoms with Crippen LogP contribution < -0.4 is 14.4 Å². The zero-order valence-corrected chi connectivity index (χ0v) is 22.0. The highest BCUT2D eigenvalue weighted by molar-refractivity contribution is 7.22. The SMILES string of the molecule is C=CCOc1cccc([C@H]2/C(=C(\O)c3ccc(OC)c(C)c3)C(=O)C(=O)N2c2nc3ccc(C)cc3s2)c1. The van der Waals surface area contributed by atoms with Gasteiger partial charge < -0.3 is 14.6 Å². The number of Topliss-reactive ketones (excluding diaryl/α,β-unsaturated/α-hetero) is 1. The quantitative estimate of drug-likeness (QED) is 0.135. The third-order valence-corrected chi connectivity index (χ3v) is 7.41. The van der Waals surface area contributed by atoms with Crippen LogP contribution in [0.25, 0.3) is 16.0 Å². The van der Waals surface area contributed by atoms with Crippen molar-refractivity contribution in [1.82, 2.24) is 4.98 Å². The van der Waals surface area contributed by atoms with E-state index in [0.29, 0.717) is 34.4 Å². The Morgan fingerprint density at radius 3 is 2.68 bits per heavy atom. The molecule has 1 saturated heterocycles. The molecule has 192 valence electrons. The largest absolute Gasteiger partial charge is 0.507 e. The molecule has 5 rings (SSSR count). The van der Waals surface area contributed by atoms with Gasteiger partial charge in [0.25, 0.3) is 5.78 Å². The van der Waals surface area contributed by atoms with Crippen LogP contribution >= 0.6 is 11.3 Å². The standard InChI is InChI=1S/C30H26N2O5S/c1-5-13-37-21-8-6-7-19(16-21)26-25(27(33)20-10-12-23(36-4)18(3)15-20)28(34)29(35)32(26)30-31-22-11-9-17(2)14-24(22)38-30/h5-12,14-16,26,33H,1,13H2,2-4H3/b27-25+/t26-/m0/s1. The fraction of sp³-hybridized carbons (Fsp3) is 0.167. The first-order valence-corrected chi connectivity index (χ1v) is 12.8. The molecule has 1 atom stereocenters. The first kappa shape index (κ1) is 25.2. The van der Waals surface area contributed by atoms with Crippen molar-refractivity contribution < 1.29 is 24.2 Å². The van der Waals surface area contributed by atoms with E-state index in [4.69, 9.17) is 9.47 Å². The fourth-order valence-corrected chi connectivity index (χ4v) is 5.67. The number of aliphatic hydroxyl groups is 1. The van der Waals surface area contributed by atoms with Gasteiger partial charge >= 0.3 is 5.91 Å². The normalized spacial score (nSPS) is 16.7. The molecule has 0 radical (unpaired) electrons. The van der Waals surface area contributed by atoms with Crippen molar-refractivity contribution in [2.24, 2.45) is 0 Å². The molecule has 1 aliphatic heterocycles. The molecule has 0 aliphatic carbocycles. The summed E-state index contributed by atoms with van der Waals surface area (Å²) in [6, 6.07) is 17.2. The number of ether oxygens (including phenoxy) is 2. The van der Waals surface area contributed by atoms with Gasteiger partial charge in [0.05, 0.1) is 28.9 Å². The van der Waals surface area contributed by atoms with Gasteiger partial charge in [-0.3, -0.25) is 14.5 Å². The van der Waals surface area contributed by atoms with Gasteiger partial charge in [-0.05, 0) is 73.0 Å². The molecule has 1 N–H and O–H groups in total. The lowest BCUT2D eigenvalue weighted by atomic mass is 9.94. The lowest BCUT2D eigenvalue weighted by Crippen LogP contribution is -2.29. The second-order valence-electron chi connectivity index (χ2n) is 8.99. The number of anilines is 1. The van der Waals surface area contributed by atoms with Gasteiger partial charge in [-0.25, -0.2) is 4.98 Å². The lowest BCUT2D eigenvalue weighted by molar-refractivity contribution is -0.132. The number of aromatic nitrogens is 1. The van der Waals surface area contributed by atoms with E-state index in [9.17, 15) is 14.7 Å². The molecule has 3 aromatic carbocycles. The number of ketones is 1. The summed E-state index contributed by atoms with van der Waals surface area (Å²) >= 11 is 1.32. The Labute approximate surface area is 224 Å². The molecule has 0 spiro atoms. The molecule has 4 aromatic rings. The van der Waals surface area contributed by atoms with Gasteiger partial charge in [0.15, 0.2) is 5.13 Å². The number of hydrogen-bond acceptors (Lipinski definition) is 7. The van der Waals surface area contributed by atoms with Crippen LogP contribution in [-0.2, 0) is 9.59 Å². The minimum absolute atomic E-state index is 0.0177. The summed E-state index contributed by atoms with van der Waals surface area (Å²) < 4.78 is 12.0. The first-order valence-electron chi connectivity index (χ1n) is 12.0. The minimum Gasteiger partial charge on any atom is -0.507 e. The average molecular weight is 527 g/mol. The molecule has 7 nitrogen and oxygen atoms in total. The first-order chi connectivity index (χ1) is 18.3. The Hall–Kier alpha value is -4.43. The van der Waals surface area contributed by atoms with Crippen LogP contribution in [0.3, 0.4) is 0 Å². The van der Waals surface area contributed by atoms with Gasteiger partial charge in [0, 0.05) is 5.56 Å². The van der Waals surface area contributed by atoms with Gasteiger partial charge in [-0.15, -0.1) is 0 Å². The molecule has 0 bridgehead atoms. The van der Waals surface area contributed by atoms with Gasteiger partial charge in [-0.2, -0.15) is 0 Å². The number of fused-ring (bicyclic) bond motifs is 1. The summed E-state index contributed by atoms with van der Waals surface area (Å²) in [5.74, 6) is -0.608. The van der Waals surface area contributed by atoms with Crippen molar-refractivity contribution >= 4 is 44.1 Å². The highest BCUT2D eigenvalue weighted by atomic mass is 32.1. The number of rotatable bonds is 7. The zero-order valence-electron chi connectivity index (χ0n) is 21.2. The summed E-state index contributed by atoms with van der Waals surface area (Å²) in [6.45, 7) is 7.81. The number of methoxy groups -OCH3 is 1. The van der Waals surface area contributed by atoms with Crippen LogP contribution in [0.15, 0.2) is 78.9 Å². The van der Waals surface area contributed by atoms with Crippen LogP contribution in [0.4, 0.5) is 5.13 Å². The van der Waals surface area contributed by atoms with E-state index in [2.05, 4.69) is 11.6 Å². The third kappa shape index (κ3) is 4.43. The van der Waals surface area contributed by atoms with Crippen molar-refractivity contribution in [1.29, 1.82) is 0 Å². The number of amides is 1. The number of nitrogens with zero attached hydrogens (tertiary/aromatic N) is 2. The Bertz CT molecular complexity index is 1620. The molecule has 1 aromatic heterocycles. The summed E-state index contributed by atoms with van der Waals surface area (Å²) in [5.41, 5.74) is 3.57. The number of carbonyl (C=O) groups is 2. The van der Waals surface area contributed by atoms with E-state index in [1.54, 1.807) is 55.7 Å². The van der Waals surface area contributed by atoms with Crippen LogP contribution in [0.5, 0.6) is 11.5 Å². The molecule has 1 aliphatic rings. The number of aliphatic hydroxyl groups excluding tert-OH is 1. The third-order valence-electron chi connectivity index (χ3n) is 6.39. The number of benzene rings is 3. The van der Waals surface area contributed by atoms with Crippen molar-refractivity contribution in [3.63, 3.8) is 0 Å². The van der Waals surface area contributed by atoms with E-state index in [0.717, 1.165) is 21.3 Å². The monoisotopic (exact) mass is 526 g/mol. The zero-order chi connectivity index (χ0) is 27.0. The summed E-state index contributed by atoms with van der Waals surface area (Å²) in [4.78, 5) is 33.1. The maximum atomic E-state index is 13.5. The van der Waals surface area contributed by atoms with Crippen molar-refractivity contribution in [2.45, 2.75) is 19.9 Å². The van der Waals surface area contributed by atoms with E-state index in [-0.39, 0.29) is 11.3 Å². The molecule has 2 heterocycles. The molecule has 38 heavy (non-hydrogen) atoms. The fourth-order valence-electron chi connectivity index (χ4n) is 4.58. The summed E-state index contributed by atoms with van der Waals surface area (Å²) in [6.07, 6.45) is 1.63. The van der Waals surface area contributed by atoms with E-state index < -0.39 is 17.7 Å². The second kappa shape index (κ2) is 10.1. The maximum absolute atomic E-state index is 13.5. The average Bonchev–Trinajstić information content (AvgIpc) is 3.44. The minimum atomic E-state index is -0.911. The van der Waals surface area contributed by atoms with Crippen LogP contribution in [0.1, 0.15) is 28.3 Å².